The van der Waals surface area contributed by atoms with E-state index in [1.54, 1.807) is 32.5 Å². The Labute approximate surface area is 225 Å². The fourth-order valence-electron chi connectivity index (χ4n) is 3.17. The van der Waals surface area contributed by atoms with Gasteiger partial charge in [0.2, 0.25) is 14.3 Å². The van der Waals surface area contributed by atoms with E-state index in [4.69, 9.17) is 52.4 Å². The zero-order valence-electron chi connectivity index (χ0n) is 20.2. The van der Waals surface area contributed by atoms with Crippen molar-refractivity contribution in [3.63, 3.8) is 0 Å². The van der Waals surface area contributed by atoms with Gasteiger partial charge in [0.05, 0.1) is 12.2 Å². The number of halogens is 2. The van der Waals surface area contributed by atoms with E-state index >= 15 is 0 Å². The van der Waals surface area contributed by atoms with Crippen LogP contribution >= 0.6 is 43.3 Å². The standard InChI is InChI=1S/C23H27Cl2N4O5PS/c1-14(2)21-22(36-18-8-16(24)7-17(25)9-18)29(19(28-21)12-33-23(26)30)11-15-5-6-20(27-10-15)34-13-35(31-3)32-4/h5-10,14H,11-13H2,1-4H3,(H2,26,30). The largest absolute Gasteiger partial charge is 0.468 e. The molecule has 194 valence electrons. The summed E-state index contributed by atoms with van der Waals surface area (Å²) in [6.07, 6.45) is 1.11. The molecule has 2 heterocycles. The third-order valence-electron chi connectivity index (χ3n) is 4.83. The smallest absolute Gasteiger partial charge is 0.404 e. The first-order valence-corrected chi connectivity index (χ1v) is 13.7. The number of imidazole rings is 1. The molecule has 0 unspecified atom stereocenters. The number of ether oxygens (including phenoxy) is 2. The highest BCUT2D eigenvalue weighted by Crippen LogP contribution is 2.38. The maximum atomic E-state index is 11.3. The molecule has 0 saturated carbocycles. The Bertz CT molecular complexity index is 1160. The Balaban J connectivity index is 1.93. The van der Waals surface area contributed by atoms with E-state index in [0.29, 0.717) is 28.3 Å². The molecule has 13 heteroatoms. The predicted molar refractivity (Wildman–Crippen MR) is 141 cm³/mol. The molecule has 2 aromatic heterocycles. The van der Waals surface area contributed by atoms with Gasteiger partial charge >= 0.3 is 6.09 Å². The van der Waals surface area contributed by atoms with E-state index in [1.807, 2.05) is 36.6 Å². The molecule has 1 amide bonds. The number of nitrogens with zero attached hydrogens (tertiary/aromatic N) is 3. The molecule has 0 saturated heterocycles. The van der Waals surface area contributed by atoms with Crippen molar-refractivity contribution in [3.8, 4) is 5.88 Å². The fraction of sp³-hybridized carbons (Fsp3) is 0.348. The fourth-order valence-corrected chi connectivity index (χ4v) is 5.68. The Hall–Kier alpha value is -2.07. The second kappa shape index (κ2) is 13.5. The molecule has 0 aliphatic carbocycles. The minimum Gasteiger partial charge on any atom is -0.468 e. The summed E-state index contributed by atoms with van der Waals surface area (Å²) in [5.74, 6) is 1.11. The number of nitrogens with two attached hydrogens (primary N) is 1. The van der Waals surface area contributed by atoms with Gasteiger partial charge in [-0.15, -0.1) is 0 Å². The van der Waals surface area contributed by atoms with Crippen LogP contribution in [0, 0.1) is 0 Å². The quantitative estimate of drug-likeness (QED) is 0.247. The van der Waals surface area contributed by atoms with Crippen molar-refractivity contribution in [2.75, 3.05) is 20.6 Å². The van der Waals surface area contributed by atoms with Crippen molar-refractivity contribution in [1.29, 1.82) is 0 Å². The number of aromatic nitrogens is 3. The summed E-state index contributed by atoms with van der Waals surface area (Å²) in [5, 5.41) is 1.94. The second-order valence-corrected chi connectivity index (χ2v) is 11.3. The van der Waals surface area contributed by atoms with E-state index in [2.05, 4.69) is 4.98 Å². The molecule has 9 nitrogen and oxygen atoms in total. The lowest BCUT2D eigenvalue weighted by Crippen LogP contribution is -2.15. The van der Waals surface area contributed by atoms with Crippen LogP contribution in [0.1, 0.15) is 36.8 Å². The lowest BCUT2D eigenvalue weighted by molar-refractivity contribution is 0.145. The Morgan fingerprint density at radius 3 is 2.42 bits per heavy atom. The molecule has 0 fully saturated rings. The maximum absolute atomic E-state index is 11.3. The monoisotopic (exact) mass is 572 g/mol. The Kier molecular flexibility index (Phi) is 10.7. The third kappa shape index (κ3) is 7.96. The molecule has 0 atom stereocenters. The van der Waals surface area contributed by atoms with Crippen molar-refractivity contribution >= 4 is 49.4 Å². The minimum absolute atomic E-state index is 0.0713. The third-order valence-corrected chi connectivity index (χ3v) is 7.51. The predicted octanol–water partition coefficient (Wildman–Crippen LogP) is 6.44. The van der Waals surface area contributed by atoms with Gasteiger partial charge in [-0.05, 0) is 29.7 Å². The van der Waals surface area contributed by atoms with Crippen molar-refractivity contribution in [2.45, 2.75) is 42.8 Å². The van der Waals surface area contributed by atoms with Crippen LogP contribution in [0.5, 0.6) is 5.88 Å². The molecule has 1 aromatic carbocycles. The molecule has 3 rings (SSSR count). The molecule has 3 aromatic rings. The van der Waals surface area contributed by atoms with Crippen molar-refractivity contribution < 1.29 is 23.3 Å². The van der Waals surface area contributed by atoms with Crippen LogP contribution in [0.15, 0.2) is 46.5 Å². The van der Waals surface area contributed by atoms with Crippen LogP contribution in [-0.2, 0) is 26.9 Å². The molecule has 2 N–H and O–H groups in total. The van der Waals surface area contributed by atoms with E-state index in [9.17, 15) is 4.79 Å². The summed E-state index contributed by atoms with van der Waals surface area (Å²) in [6, 6.07) is 9.03. The van der Waals surface area contributed by atoms with Gasteiger partial charge in [0.15, 0.2) is 13.0 Å². The number of hydrogen-bond donors (Lipinski definition) is 1. The van der Waals surface area contributed by atoms with Gasteiger partial charge in [-0.2, -0.15) is 0 Å². The summed E-state index contributed by atoms with van der Waals surface area (Å²) < 4.78 is 23.1. The van der Waals surface area contributed by atoms with Gasteiger partial charge < -0.3 is 28.8 Å². The normalized spacial score (nSPS) is 11.3. The average molecular weight is 573 g/mol. The Morgan fingerprint density at radius 1 is 1.17 bits per heavy atom. The highest BCUT2D eigenvalue weighted by Gasteiger charge is 2.22. The van der Waals surface area contributed by atoms with Gasteiger partial charge in [0.25, 0.3) is 0 Å². The van der Waals surface area contributed by atoms with Crippen LogP contribution in [-0.4, -0.2) is 41.2 Å². The van der Waals surface area contributed by atoms with Crippen molar-refractivity contribution in [2.24, 2.45) is 5.73 Å². The molecule has 36 heavy (non-hydrogen) atoms. The van der Waals surface area contributed by atoms with Crippen LogP contribution < -0.4 is 10.5 Å². The minimum atomic E-state index is -1.13. The SMILES string of the molecule is COP(COc1ccc(Cn2c(COC(N)=O)nc(C(C)C)c2Sc2cc(Cl)cc(Cl)c2)cn1)OC. The molecule has 0 aliphatic rings. The van der Waals surface area contributed by atoms with Crippen molar-refractivity contribution in [1.82, 2.24) is 14.5 Å². The molecule has 0 spiro atoms. The first-order valence-electron chi connectivity index (χ1n) is 10.8. The molecule has 0 bridgehead atoms. The lowest BCUT2D eigenvalue weighted by atomic mass is 10.1. The van der Waals surface area contributed by atoms with Gasteiger partial charge in [-0.3, -0.25) is 0 Å². The number of carbonyl (C=O) groups is 1. The van der Waals surface area contributed by atoms with Crippen LogP contribution in [0.3, 0.4) is 0 Å². The van der Waals surface area contributed by atoms with Gasteiger partial charge in [0, 0.05) is 41.4 Å². The highest BCUT2D eigenvalue weighted by molar-refractivity contribution is 7.99. The first-order chi connectivity index (χ1) is 17.2. The number of amides is 1. The van der Waals surface area contributed by atoms with Crippen LogP contribution in [0.2, 0.25) is 10.0 Å². The topological polar surface area (TPSA) is 111 Å². The molecular formula is C23H27Cl2N4O5PS. The van der Waals surface area contributed by atoms with Crippen molar-refractivity contribution in [3.05, 3.63) is 63.7 Å². The van der Waals surface area contributed by atoms with E-state index in [0.717, 1.165) is 21.2 Å². The van der Waals surface area contributed by atoms with E-state index in [-0.39, 0.29) is 18.9 Å². The van der Waals surface area contributed by atoms with Gasteiger partial charge in [-0.25, -0.2) is 14.8 Å². The van der Waals surface area contributed by atoms with Gasteiger partial charge in [-0.1, -0.05) is 54.9 Å². The number of primary amides is 1. The van der Waals surface area contributed by atoms with Gasteiger partial charge in [0.1, 0.15) is 10.9 Å². The number of hydrogen-bond acceptors (Lipinski definition) is 8. The summed E-state index contributed by atoms with van der Waals surface area (Å²) in [5.41, 5.74) is 6.96. The summed E-state index contributed by atoms with van der Waals surface area (Å²) >= 11 is 13.9. The highest BCUT2D eigenvalue weighted by atomic mass is 35.5. The summed E-state index contributed by atoms with van der Waals surface area (Å²) in [7, 11) is 2.01. The summed E-state index contributed by atoms with van der Waals surface area (Å²) in [4.78, 5) is 21.3. The zero-order valence-corrected chi connectivity index (χ0v) is 23.5. The first kappa shape index (κ1) is 28.5. The Morgan fingerprint density at radius 2 is 1.86 bits per heavy atom. The number of carbonyl (C=O) groups excluding carboxylic acids is 1. The number of benzene rings is 1. The second-order valence-electron chi connectivity index (χ2n) is 7.75. The van der Waals surface area contributed by atoms with E-state index < -0.39 is 14.5 Å². The molecular weight excluding hydrogens is 546 g/mol. The van der Waals surface area contributed by atoms with E-state index in [1.165, 1.54) is 11.8 Å². The maximum Gasteiger partial charge on any atom is 0.404 e. The number of rotatable bonds is 12. The molecule has 0 aliphatic heterocycles. The average Bonchev–Trinajstić information content (AvgIpc) is 3.15. The zero-order chi connectivity index (χ0) is 26.2. The van der Waals surface area contributed by atoms with Crippen LogP contribution in [0.4, 0.5) is 4.79 Å². The lowest BCUT2D eigenvalue weighted by Gasteiger charge is -2.15. The molecule has 0 radical (unpaired) electrons. The van der Waals surface area contributed by atoms with Crippen LogP contribution in [0.25, 0.3) is 0 Å². The number of pyridine rings is 1. The summed E-state index contributed by atoms with van der Waals surface area (Å²) in [6.45, 7) is 4.44.